The third-order valence-electron chi connectivity index (χ3n) is 10.8. The minimum atomic E-state index is -3.91. The van der Waals surface area contributed by atoms with Gasteiger partial charge in [-0.2, -0.15) is 9.44 Å². The average Bonchev–Trinajstić information content (AvgIpc) is 3.80. The van der Waals surface area contributed by atoms with E-state index in [0.717, 1.165) is 53.9 Å². The van der Waals surface area contributed by atoms with E-state index >= 15 is 0 Å². The van der Waals surface area contributed by atoms with Gasteiger partial charge in [0.25, 0.3) is 0 Å². The Morgan fingerprint density at radius 2 is 0.939 bits per heavy atom. The van der Waals surface area contributed by atoms with Crippen molar-refractivity contribution in [2.75, 3.05) is 40.6 Å². The molecule has 0 radical (unpaired) electrons. The normalized spacial score (nSPS) is 14.6. The maximum absolute atomic E-state index is 13.5. The maximum Gasteiger partial charge on any atom is 0.241 e. The number of nitrogens with one attached hydrogen (secondary N) is 2. The van der Waals surface area contributed by atoms with Crippen LogP contribution in [0.2, 0.25) is 0 Å². The molecule has 10 rings (SSSR count). The number of aromatic nitrogens is 2. The Morgan fingerprint density at radius 1 is 0.530 bits per heavy atom. The molecule has 6 heterocycles. The number of rotatable bonds is 12. The first-order chi connectivity index (χ1) is 32.1. The van der Waals surface area contributed by atoms with Crippen molar-refractivity contribution < 1.29 is 45.3 Å². The molecule has 0 aliphatic carbocycles. The highest BCUT2D eigenvalue weighted by Gasteiger charge is 2.30. The molecule has 0 saturated heterocycles. The van der Waals surface area contributed by atoms with Crippen LogP contribution in [0.15, 0.2) is 144 Å². The zero-order valence-electron chi connectivity index (χ0n) is 35.7. The number of ether oxygens (including phenoxy) is 6. The fourth-order valence-corrected chi connectivity index (χ4v) is 12.3. The van der Waals surface area contributed by atoms with E-state index < -0.39 is 32.1 Å². The molecule has 14 nitrogen and oxygen atoms in total. The molecule has 8 aromatic rings. The molecule has 0 spiro atoms. The highest BCUT2D eigenvalue weighted by atomic mass is 32.2. The number of sulfonamides is 2. The first kappa shape index (κ1) is 44.9. The SMILES string of the molecule is COc1ccccc1[C@@H](NS(=O)(=O)c1ccc2c(c1)OCCCO2)c1cc2ccncc2s1.COc1ccccc1[C@H](NS(=O)(=O)c1ccc2c(c1)OCCCO2)c1cc2ccncc2s1. The number of para-hydroxylation sites is 2. The van der Waals surface area contributed by atoms with E-state index in [9.17, 15) is 16.8 Å². The Morgan fingerprint density at radius 3 is 1.35 bits per heavy atom. The smallest absolute Gasteiger partial charge is 0.241 e. The van der Waals surface area contributed by atoms with Crippen LogP contribution in [0.25, 0.3) is 20.2 Å². The van der Waals surface area contributed by atoms with Gasteiger partial charge in [-0.3, -0.25) is 9.97 Å². The van der Waals surface area contributed by atoms with Gasteiger partial charge < -0.3 is 28.4 Å². The molecule has 0 unspecified atom stereocenters. The Kier molecular flexibility index (Phi) is 13.4. The topological polar surface area (TPSA) is 174 Å². The van der Waals surface area contributed by atoms with Crippen LogP contribution in [-0.4, -0.2) is 67.5 Å². The standard InChI is InChI=1S/2C24H22N2O5S2/c2*1-29-19-6-3-2-5-18(19)24(22-13-16-9-10-25-15-23(16)32-22)26-33(27,28)17-7-8-20-21(14-17)31-12-4-11-30-20/h2*2-3,5-10,13-15,24,26H,4,11-12H2,1H3/t2*24-/m10/s1. The van der Waals surface area contributed by atoms with Crippen LogP contribution in [0.5, 0.6) is 34.5 Å². The summed E-state index contributed by atoms with van der Waals surface area (Å²) in [6.45, 7) is 2.02. The molecule has 18 heteroatoms. The predicted molar refractivity (Wildman–Crippen MR) is 254 cm³/mol. The molecule has 2 aliphatic heterocycles. The summed E-state index contributed by atoms with van der Waals surface area (Å²) in [7, 11) is -4.68. The van der Waals surface area contributed by atoms with Gasteiger partial charge in [-0.15, -0.1) is 22.7 Å². The van der Waals surface area contributed by atoms with Gasteiger partial charge in [0.05, 0.1) is 71.9 Å². The van der Waals surface area contributed by atoms with Gasteiger partial charge in [0.15, 0.2) is 23.0 Å². The van der Waals surface area contributed by atoms with Crippen LogP contribution < -0.4 is 37.9 Å². The minimum absolute atomic E-state index is 0.106. The second-order valence-corrected chi connectivity index (χ2v) is 20.7. The molecule has 66 heavy (non-hydrogen) atoms. The molecular formula is C48H44N4O10S4. The quantitative estimate of drug-likeness (QED) is 0.119. The molecular weight excluding hydrogens is 921 g/mol. The molecule has 0 fully saturated rings. The van der Waals surface area contributed by atoms with Gasteiger partial charge >= 0.3 is 0 Å². The molecule has 4 aromatic heterocycles. The zero-order valence-corrected chi connectivity index (χ0v) is 39.0. The summed E-state index contributed by atoms with van der Waals surface area (Å²) in [4.78, 5) is 10.2. The Bertz CT molecular complexity index is 2950. The second-order valence-electron chi connectivity index (χ2n) is 15.0. The lowest BCUT2D eigenvalue weighted by Crippen LogP contribution is -2.29. The van der Waals surface area contributed by atoms with Gasteiger partial charge in [0.1, 0.15) is 11.5 Å². The third-order valence-corrected chi connectivity index (χ3v) is 15.9. The van der Waals surface area contributed by atoms with Crippen LogP contribution in [0, 0.1) is 0 Å². The van der Waals surface area contributed by atoms with Crippen molar-refractivity contribution in [3.8, 4) is 34.5 Å². The van der Waals surface area contributed by atoms with E-state index in [1.807, 2.05) is 72.8 Å². The number of fused-ring (bicyclic) bond motifs is 4. The van der Waals surface area contributed by atoms with Crippen LogP contribution in [0.3, 0.4) is 0 Å². The van der Waals surface area contributed by atoms with Crippen LogP contribution in [0.1, 0.15) is 45.8 Å². The van der Waals surface area contributed by atoms with Crippen molar-refractivity contribution >= 4 is 62.9 Å². The number of benzene rings is 4. The van der Waals surface area contributed by atoms with E-state index in [1.165, 1.54) is 46.9 Å². The average molecular weight is 965 g/mol. The highest BCUT2D eigenvalue weighted by molar-refractivity contribution is 7.89. The highest BCUT2D eigenvalue weighted by Crippen LogP contribution is 2.40. The molecule has 0 saturated carbocycles. The molecule has 0 amide bonds. The fourth-order valence-electron chi connectivity index (χ4n) is 7.52. The molecule has 2 N–H and O–H groups in total. The summed E-state index contributed by atoms with van der Waals surface area (Å²) >= 11 is 2.98. The number of thiophene rings is 2. The first-order valence-electron chi connectivity index (χ1n) is 20.9. The molecule has 340 valence electrons. The van der Waals surface area contributed by atoms with E-state index in [-0.39, 0.29) is 9.79 Å². The third kappa shape index (κ3) is 9.79. The van der Waals surface area contributed by atoms with Crippen molar-refractivity contribution in [3.05, 3.63) is 155 Å². The number of hydrogen-bond acceptors (Lipinski definition) is 14. The molecule has 0 bridgehead atoms. The summed E-state index contributed by atoms with van der Waals surface area (Å²) in [6.07, 6.45) is 8.48. The predicted octanol–water partition coefficient (Wildman–Crippen LogP) is 9.07. The largest absolute Gasteiger partial charge is 0.496 e. The number of hydrogen-bond donors (Lipinski definition) is 2. The monoisotopic (exact) mass is 964 g/mol. The summed E-state index contributed by atoms with van der Waals surface area (Å²) in [5.74, 6) is 3.14. The molecule has 2 aliphatic rings. The number of pyridine rings is 2. The Balaban J connectivity index is 0.000000166. The summed E-state index contributed by atoms with van der Waals surface area (Å²) < 4.78 is 95.6. The van der Waals surface area contributed by atoms with Crippen molar-refractivity contribution in [2.45, 2.75) is 34.7 Å². The van der Waals surface area contributed by atoms with Crippen molar-refractivity contribution in [3.63, 3.8) is 0 Å². The first-order valence-corrected chi connectivity index (χ1v) is 25.5. The van der Waals surface area contributed by atoms with Crippen molar-refractivity contribution in [1.82, 2.24) is 19.4 Å². The Hall–Kier alpha value is -6.28. The van der Waals surface area contributed by atoms with Crippen molar-refractivity contribution in [1.29, 1.82) is 0 Å². The van der Waals surface area contributed by atoms with Gasteiger partial charge in [-0.25, -0.2) is 16.8 Å². The minimum Gasteiger partial charge on any atom is -0.496 e. The zero-order chi connectivity index (χ0) is 45.7. The van der Waals surface area contributed by atoms with Gasteiger partial charge in [0.2, 0.25) is 20.0 Å². The van der Waals surface area contributed by atoms with Gasteiger partial charge in [-0.1, -0.05) is 36.4 Å². The Labute approximate surface area is 390 Å². The lowest BCUT2D eigenvalue weighted by atomic mass is 10.0. The lowest BCUT2D eigenvalue weighted by Gasteiger charge is -2.21. The van der Waals surface area contributed by atoms with Crippen LogP contribution in [0.4, 0.5) is 0 Å². The number of nitrogens with zero attached hydrogens (tertiary/aromatic N) is 2. The van der Waals surface area contributed by atoms with Crippen LogP contribution in [-0.2, 0) is 20.0 Å². The van der Waals surface area contributed by atoms with E-state index in [1.54, 1.807) is 51.1 Å². The summed E-state index contributed by atoms with van der Waals surface area (Å²) in [5, 5.41) is 2.00. The van der Waals surface area contributed by atoms with Crippen molar-refractivity contribution in [2.24, 2.45) is 0 Å². The summed E-state index contributed by atoms with van der Waals surface area (Å²) in [5.41, 5.74) is 1.44. The maximum atomic E-state index is 13.5. The molecule has 4 aromatic carbocycles. The summed E-state index contributed by atoms with van der Waals surface area (Å²) in [6, 6.07) is 30.6. The van der Waals surface area contributed by atoms with Gasteiger partial charge in [-0.05, 0) is 71.4 Å². The lowest BCUT2D eigenvalue weighted by molar-refractivity contribution is 0.296. The van der Waals surface area contributed by atoms with E-state index in [2.05, 4.69) is 19.4 Å². The fraction of sp³-hybridized carbons (Fsp3) is 0.208. The molecule has 2 atom stereocenters. The van der Waals surface area contributed by atoms with E-state index in [0.29, 0.717) is 60.9 Å². The van der Waals surface area contributed by atoms with E-state index in [4.69, 9.17) is 28.4 Å². The second kappa shape index (κ2) is 19.7. The van der Waals surface area contributed by atoms with Gasteiger partial charge in [0, 0.05) is 70.6 Å². The number of methoxy groups -OCH3 is 2. The van der Waals surface area contributed by atoms with Crippen LogP contribution >= 0.6 is 22.7 Å².